The molecular formula is C16H24N2O. The van der Waals surface area contributed by atoms with Crippen molar-refractivity contribution in [2.45, 2.75) is 45.1 Å². The summed E-state index contributed by atoms with van der Waals surface area (Å²) in [7, 11) is 0. The Labute approximate surface area is 115 Å². The highest BCUT2D eigenvalue weighted by atomic mass is 16.2. The highest BCUT2D eigenvalue weighted by Crippen LogP contribution is 2.24. The number of benzene rings is 1. The van der Waals surface area contributed by atoms with Crippen LogP contribution < -0.4 is 5.73 Å². The molecule has 1 fully saturated rings. The van der Waals surface area contributed by atoms with Gasteiger partial charge in [0, 0.05) is 19.5 Å². The molecule has 1 aromatic rings. The molecule has 0 saturated carbocycles. The summed E-state index contributed by atoms with van der Waals surface area (Å²) in [6, 6.07) is 8.25. The molecule has 1 aromatic carbocycles. The molecule has 1 aliphatic rings. The lowest BCUT2D eigenvalue weighted by Gasteiger charge is -2.48. The van der Waals surface area contributed by atoms with Crippen LogP contribution in [0.5, 0.6) is 0 Å². The van der Waals surface area contributed by atoms with Crippen molar-refractivity contribution in [3.63, 3.8) is 0 Å². The second-order valence-electron chi connectivity index (χ2n) is 5.79. The van der Waals surface area contributed by atoms with Crippen LogP contribution in [0.1, 0.15) is 37.3 Å². The number of hydrogen-bond donors (Lipinski definition) is 1. The maximum atomic E-state index is 12.1. The van der Waals surface area contributed by atoms with Crippen LogP contribution in [0, 0.1) is 6.92 Å². The third-order valence-electron chi connectivity index (χ3n) is 3.98. The van der Waals surface area contributed by atoms with Gasteiger partial charge < -0.3 is 10.6 Å². The van der Waals surface area contributed by atoms with Crippen molar-refractivity contribution in [3.8, 4) is 0 Å². The fourth-order valence-corrected chi connectivity index (χ4v) is 2.84. The normalized spacial score (nSPS) is 17.1. The number of nitrogens with two attached hydrogens (primary N) is 1. The number of aryl methyl sites for hydroxylation is 2. The van der Waals surface area contributed by atoms with E-state index in [0.29, 0.717) is 6.42 Å². The average molecular weight is 260 g/mol. The number of amides is 1. The molecule has 2 N–H and O–H groups in total. The van der Waals surface area contributed by atoms with Gasteiger partial charge in [-0.2, -0.15) is 0 Å². The van der Waals surface area contributed by atoms with Crippen molar-refractivity contribution in [1.82, 2.24) is 4.90 Å². The van der Waals surface area contributed by atoms with Gasteiger partial charge in [-0.15, -0.1) is 0 Å². The fourth-order valence-electron chi connectivity index (χ4n) is 2.84. The number of hydrogen-bond acceptors (Lipinski definition) is 2. The second kappa shape index (κ2) is 5.74. The van der Waals surface area contributed by atoms with Gasteiger partial charge >= 0.3 is 0 Å². The Balaban J connectivity index is 1.79. The zero-order valence-electron chi connectivity index (χ0n) is 12.0. The van der Waals surface area contributed by atoms with Crippen molar-refractivity contribution < 1.29 is 4.79 Å². The van der Waals surface area contributed by atoms with E-state index in [1.807, 2.05) is 17.0 Å². The molecule has 19 heavy (non-hydrogen) atoms. The fraction of sp³-hybridized carbons (Fsp3) is 0.562. The van der Waals surface area contributed by atoms with Gasteiger partial charge in [0.15, 0.2) is 0 Å². The van der Waals surface area contributed by atoms with Gasteiger partial charge in [-0.05, 0) is 30.9 Å². The maximum absolute atomic E-state index is 12.1. The SMILES string of the molecule is CCCC1(N)CN(C(=O)CCc2ccccc2C)C1. The highest BCUT2D eigenvalue weighted by molar-refractivity contribution is 5.77. The standard InChI is InChI=1S/C16H24N2O/c1-3-10-16(17)11-18(12-16)15(19)9-8-14-7-5-4-6-13(14)2/h4-7H,3,8-12,17H2,1-2H3. The van der Waals surface area contributed by atoms with E-state index in [9.17, 15) is 4.79 Å². The molecular weight excluding hydrogens is 236 g/mol. The number of rotatable bonds is 5. The summed E-state index contributed by atoms with van der Waals surface area (Å²) in [5.41, 5.74) is 8.59. The zero-order valence-corrected chi connectivity index (χ0v) is 12.0. The molecule has 1 saturated heterocycles. The summed E-state index contributed by atoms with van der Waals surface area (Å²) >= 11 is 0. The smallest absolute Gasteiger partial charge is 0.223 e. The Morgan fingerprint density at radius 3 is 2.68 bits per heavy atom. The van der Waals surface area contributed by atoms with Crippen LogP contribution in [-0.2, 0) is 11.2 Å². The van der Waals surface area contributed by atoms with Crippen molar-refractivity contribution in [3.05, 3.63) is 35.4 Å². The third-order valence-corrected chi connectivity index (χ3v) is 3.98. The first-order valence-corrected chi connectivity index (χ1v) is 7.15. The topological polar surface area (TPSA) is 46.3 Å². The molecule has 1 aliphatic heterocycles. The number of carbonyl (C=O) groups is 1. The predicted octanol–water partition coefficient (Wildman–Crippen LogP) is 2.27. The first-order chi connectivity index (χ1) is 9.04. The summed E-state index contributed by atoms with van der Waals surface area (Å²) in [6.07, 6.45) is 3.51. The van der Waals surface area contributed by atoms with Crippen LogP contribution in [0.2, 0.25) is 0 Å². The summed E-state index contributed by atoms with van der Waals surface area (Å²) in [6.45, 7) is 5.69. The Kier molecular flexibility index (Phi) is 4.25. The number of carbonyl (C=O) groups excluding carboxylic acids is 1. The third kappa shape index (κ3) is 3.35. The lowest BCUT2D eigenvalue weighted by molar-refractivity contribution is -0.138. The van der Waals surface area contributed by atoms with Crippen molar-refractivity contribution in [2.24, 2.45) is 5.73 Å². The summed E-state index contributed by atoms with van der Waals surface area (Å²) < 4.78 is 0. The largest absolute Gasteiger partial charge is 0.339 e. The minimum Gasteiger partial charge on any atom is -0.339 e. The molecule has 0 radical (unpaired) electrons. The number of nitrogens with zero attached hydrogens (tertiary/aromatic N) is 1. The van der Waals surface area contributed by atoms with E-state index in [0.717, 1.165) is 32.4 Å². The van der Waals surface area contributed by atoms with Crippen LogP contribution in [0.3, 0.4) is 0 Å². The summed E-state index contributed by atoms with van der Waals surface area (Å²) in [5, 5.41) is 0. The van der Waals surface area contributed by atoms with Crippen LogP contribution in [0.25, 0.3) is 0 Å². The van der Waals surface area contributed by atoms with E-state index in [1.54, 1.807) is 0 Å². The van der Waals surface area contributed by atoms with Gasteiger partial charge in [0.25, 0.3) is 0 Å². The quantitative estimate of drug-likeness (QED) is 0.882. The molecule has 0 spiro atoms. The van der Waals surface area contributed by atoms with Crippen molar-refractivity contribution in [2.75, 3.05) is 13.1 Å². The van der Waals surface area contributed by atoms with Crippen molar-refractivity contribution in [1.29, 1.82) is 0 Å². The second-order valence-corrected chi connectivity index (χ2v) is 5.79. The molecule has 2 rings (SSSR count). The molecule has 3 nitrogen and oxygen atoms in total. The van der Waals surface area contributed by atoms with Gasteiger partial charge in [0.2, 0.25) is 5.91 Å². The monoisotopic (exact) mass is 260 g/mol. The molecule has 0 unspecified atom stereocenters. The van der Waals surface area contributed by atoms with Crippen LogP contribution in [0.4, 0.5) is 0 Å². The Morgan fingerprint density at radius 1 is 1.37 bits per heavy atom. The van der Waals surface area contributed by atoms with E-state index in [-0.39, 0.29) is 11.4 Å². The first kappa shape index (κ1) is 14.1. The maximum Gasteiger partial charge on any atom is 0.223 e. The van der Waals surface area contributed by atoms with Crippen LogP contribution >= 0.6 is 0 Å². The molecule has 3 heteroatoms. The molecule has 1 heterocycles. The van der Waals surface area contributed by atoms with Crippen molar-refractivity contribution >= 4 is 5.91 Å². The van der Waals surface area contributed by atoms with E-state index >= 15 is 0 Å². The minimum atomic E-state index is -0.118. The van der Waals surface area contributed by atoms with Gasteiger partial charge in [-0.25, -0.2) is 0 Å². The molecule has 0 aliphatic carbocycles. The van der Waals surface area contributed by atoms with Gasteiger partial charge in [-0.1, -0.05) is 37.6 Å². The number of likely N-dealkylation sites (tertiary alicyclic amines) is 1. The highest BCUT2D eigenvalue weighted by Gasteiger charge is 2.40. The van der Waals surface area contributed by atoms with Gasteiger partial charge in [0.05, 0.1) is 5.54 Å². The Morgan fingerprint density at radius 2 is 2.05 bits per heavy atom. The van der Waals surface area contributed by atoms with E-state index in [1.165, 1.54) is 11.1 Å². The zero-order chi connectivity index (χ0) is 13.9. The lowest BCUT2D eigenvalue weighted by atomic mass is 9.86. The summed E-state index contributed by atoms with van der Waals surface area (Å²) in [5.74, 6) is 0.237. The molecule has 0 bridgehead atoms. The molecule has 0 atom stereocenters. The van der Waals surface area contributed by atoms with Crippen LogP contribution in [0.15, 0.2) is 24.3 Å². The molecule has 104 valence electrons. The van der Waals surface area contributed by atoms with E-state index < -0.39 is 0 Å². The van der Waals surface area contributed by atoms with Gasteiger partial charge in [-0.3, -0.25) is 4.79 Å². The van der Waals surface area contributed by atoms with E-state index in [4.69, 9.17) is 5.73 Å². The molecule has 1 amide bonds. The Hall–Kier alpha value is -1.35. The molecule has 0 aromatic heterocycles. The van der Waals surface area contributed by atoms with Gasteiger partial charge in [0.1, 0.15) is 0 Å². The van der Waals surface area contributed by atoms with Crippen LogP contribution in [-0.4, -0.2) is 29.4 Å². The Bertz CT molecular complexity index is 450. The van der Waals surface area contributed by atoms with E-state index in [2.05, 4.69) is 26.0 Å². The first-order valence-electron chi connectivity index (χ1n) is 7.15. The average Bonchev–Trinajstić information content (AvgIpc) is 2.35. The minimum absolute atomic E-state index is 0.118. The predicted molar refractivity (Wildman–Crippen MR) is 77.9 cm³/mol. The lowest BCUT2D eigenvalue weighted by Crippen LogP contribution is -2.68. The summed E-state index contributed by atoms with van der Waals surface area (Å²) in [4.78, 5) is 14.0.